The molecule has 2 aromatic carbocycles. The fraction of sp³-hybridized carbons (Fsp3) is 0.346. The number of likely N-dealkylation sites (N-methyl/N-ethyl adjacent to an activating group) is 1. The molecule has 0 aromatic heterocycles. The number of methoxy groups -OCH3 is 2. The second-order valence-electron chi connectivity index (χ2n) is 8.44. The highest BCUT2D eigenvalue weighted by Gasteiger charge is 2.54. The summed E-state index contributed by atoms with van der Waals surface area (Å²) in [6.07, 6.45) is 0.509. The molecule has 188 valence electrons. The molecule has 2 aromatic rings. The van der Waals surface area contributed by atoms with Crippen LogP contribution in [0, 0.1) is 0 Å². The summed E-state index contributed by atoms with van der Waals surface area (Å²) in [5.74, 6) is 0.244. The molecule has 2 aliphatic heterocycles. The van der Waals surface area contributed by atoms with Crippen molar-refractivity contribution in [3.05, 3.63) is 54.1 Å². The highest BCUT2D eigenvalue weighted by Crippen LogP contribution is 2.29. The van der Waals surface area contributed by atoms with Crippen molar-refractivity contribution in [2.24, 2.45) is 5.10 Å². The van der Waals surface area contributed by atoms with E-state index in [-0.39, 0.29) is 19.0 Å². The number of imide groups is 1. The number of hydrogen-bond donors (Lipinski definition) is 1. The molecule has 0 saturated carbocycles. The Labute approximate surface area is 209 Å². The van der Waals surface area contributed by atoms with Gasteiger partial charge in [0, 0.05) is 19.0 Å². The predicted molar refractivity (Wildman–Crippen MR) is 135 cm³/mol. The van der Waals surface area contributed by atoms with Crippen molar-refractivity contribution in [3.63, 3.8) is 0 Å². The quantitative estimate of drug-likeness (QED) is 0.539. The average Bonchev–Trinajstić information content (AvgIpc) is 3.23. The van der Waals surface area contributed by atoms with Gasteiger partial charge in [0.1, 0.15) is 23.8 Å². The molecular weight excluding hydrogens is 462 g/mol. The van der Waals surface area contributed by atoms with Crippen molar-refractivity contribution in [1.82, 2.24) is 9.91 Å². The zero-order valence-corrected chi connectivity index (χ0v) is 20.9. The molecule has 0 bridgehead atoms. The van der Waals surface area contributed by atoms with E-state index in [1.54, 1.807) is 37.2 Å². The maximum atomic E-state index is 13.6. The van der Waals surface area contributed by atoms with Gasteiger partial charge >= 0.3 is 11.9 Å². The summed E-state index contributed by atoms with van der Waals surface area (Å²) in [6, 6.07) is 13.4. The molecule has 10 nitrogen and oxygen atoms in total. The van der Waals surface area contributed by atoms with Crippen molar-refractivity contribution >= 4 is 35.0 Å². The van der Waals surface area contributed by atoms with E-state index in [1.807, 2.05) is 37.3 Å². The highest BCUT2D eigenvalue weighted by atomic mass is 16.5. The van der Waals surface area contributed by atoms with Crippen LogP contribution >= 0.6 is 0 Å². The molecule has 1 N–H and O–H groups in total. The highest BCUT2D eigenvalue weighted by molar-refractivity contribution is 6.48. The lowest BCUT2D eigenvalue weighted by Crippen LogP contribution is -2.61. The van der Waals surface area contributed by atoms with Crippen molar-refractivity contribution in [2.45, 2.75) is 26.3 Å². The first-order valence-corrected chi connectivity index (χ1v) is 11.8. The van der Waals surface area contributed by atoms with Crippen molar-refractivity contribution in [3.8, 4) is 11.5 Å². The lowest BCUT2D eigenvalue weighted by Gasteiger charge is -2.28. The first kappa shape index (κ1) is 24.9. The average molecular weight is 493 g/mol. The van der Waals surface area contributed by atoms with Gasteiger partial charge in [0.2, 0.25) is 6.04 Å². The van der Waals surface area contributed by atoms with Crippen LogP contribution in [0.4, 0.5) is 10.5 Å². The normalized spacial score (nSPS) is 17.2. The number of urea groups is 1. The number of rotatable bonds is 9. The van der Waals surface area contributed by atoms with Crippen LogP contribution in [-0.2, 0) is 16.0 Å². The number of nitrogens with one attached hydrogen (secondary N) is 1. The summed E-state index contributed by atoms with van der Waals surface area (Å²) in [4.78, 5) is 41.3. The molecule has 0 radical (unpaired) electrons. The number of anilines is 1. The third kappa shape index (κ3) is 4.79. The van der Waals surface area contributed by atoms with E-state index in [2.05, 4.69) is 10.4 Å². The van der Waals surface area contributed by atoms with Crippen LogP contribution in [0.1, 0.15) is 19.4 Å². The van der Waals surface area contributed by atoms with Gasteiger partial charge in [0.15, 0.2) is 12.3 Å². The first-order chi connectivity index (χ1) is 17.4. The largest absolute Gasteiger partial charge is 0.501 e. The summed E-state index contributed by atoms with van der Waals surface area (Å²) in [5, 5.41) is 8.94. The Kier molecular flexibility index (Phi) is 7.33. The number of amides is 4. The molecule has 1 unspecified atom stereocenters. The molecule has 4 rings (SSSR count). The Morgan fingerprint density at radius 3 is 2.53 bits per heavy atom. The fourth-order valence-electron chi connectivity index (χ4n) is 4.45. The van der Waals surface area contributed by atoms with Gasteiger partial charge in [-0.05, 0) is 31.5 Å². The van der Waals surface area contributed by atoms with Crippen LogP contribution in [0.2, 0.25) is 0 Å². The van der Waals surface area contributed by atoms with E-state index in [0.29, 0.717) is 41.6 Å². The van der Waals surface area contributed by atoms with Crippen LogP contribution in [-0.4, -0.2) is 83.6 Å². The van der Waals surface area contributed by atoms with Crippen molar-refractivity contribution in [2.75, 3.05) is 39.2 Å². The third-order valence-electron chi connectivity index (χ3n) is 6.23. The number of ether oxygens (including phenoxy) is 2. The minimum Gasteiger partial charge on any atom is -0.497 e. The number of benzene rings is 2. The Balaban J connectivity index is 1.61. The van der Waals surface area contributed by atoms with E-state index >= 15 is 0 Å². The molecule has 0 spiro atoms. The molecule has 4 amide bonds. The van der Waals surface area contributed by atoms with Crippen LogP contribution in [0.5, 0.6) is 11.5 Å². The number of carbonyl (C=O) groups is 3. The third-order valence-corrected chi connectivity index (χ3v) is 6.23. The molecule has 1 atom stereocenters. The van der Waals surface area contributed by atoms with Gasteiger partial charge in [-0.25, -0.2) is 4.79 Å². The Bertz CT molecular complexity index is 1240. The second-order valence-corrected chi connectivity index (χ2v) is 8.44. The van der Waals surface area contributed by atoms with Gasteiger partial charge in [-0.15, -0.1) is 0 Å². The smallest absolute Gasteiger partial charge is 0.497 e. The maximum Gasteiger partial charge on any atom is 0.501 e. The molecule has 0 saturated heterocycles. The van der Waals surface area contributed by atoms with E-state index in [0.717, 1.165) is 5.56 Å². The van der Waals surface area contributed by atoms with Crippen LogP contribution in [0.3, 0.4) is 0 Å². The topological polar surface area (TPSA) is 104 Å². The van der Waals surface area contributed by atoms with E-state index < -0.39 is 18.0 Å². The van der Waals surface area contributed by atoms with Gasteiger partial charge < -0.3 is 14.8 Å². The fourth-order valence-corrected chi connectivity index (χ4v) is 4.45. The summed E-state index contributed by atoms with van der Waals surface area (Å²) >= 11 is 0. The van der Waals surface area contributed by atoms with Gasteiger partial charge in [-0.1, -0.05) is 30.3 Å². The molecule has 2 heterocycles. The minimum absolute atomic E-state index is 0.201. The van der Waals surface area contributed by atoms with E-state index in [4.69, 9.17) is 9.47 Å². The van der Waals surface area contributed by atoms with Gasteiger partial charge in [-0.2, -0.15) is 19.4 Å². The molecule has 10 heteroatoms. The lowest BCUT2D eigenvalue weighted by atomic mass is 10.0. The number of nitrogens with zero attached hydrogens (tertiary/aromatic N) is 4. The summed E-state index contributed by atoms with van der Waals surface area (Å²) in [6.45, 7) is 4.05. The van der Waals surface area contributed by atoms with Crippen LogP contribution < -0.4 is 14.8 Å². The maximum absolute atomic E-state index is 13.6. The van der Waals surface area contributed by atoms with Gasteiger partial charge in [-0.3, -0.25) is 9.80 Å². The standard InChI is InChI=1S/C26H29N5O5/c1-5-31-24-23(17(2)28-31)30(16-22(32)27-20-12-11-19(35-3)15-21(20)36-4)26(34)29(25(24)33)14-13-18-9-7-6-8-10-18/h6-12,15,24H,5,13-14,16H2,1-4H3/p+1. The first-order valence-electron chi connectivity index (χ1n) is 11.8. The zero-order valence-electron chi connectivity index (χ0n) is 20.9. The van der Waals surface area contributed by atoms with Crippen LogP contribution in [0.15, 0.2) is 53.6 Å². The SMILES string of the molecule is CCN1N=C(C)C2=[N+](CC(=O)Nc3ccc(OC)cc3OC)C(=O)N(CCc3ccccc3)C(=O)C21. The molecular formula is C26H30N5O5+. The van der Waals surface area contributed by atoms with Crippen molar-refractivity contribution in [1.29, 1.82) is 0 Å². The summed E-state index contributed by atoms with van der Waals surface area (Å²) in [7, 11) is 3.03. The molecule has 0 fully saturated rings. The minimum atomic E-state index is -0.744. The van der Waals surface area contributed by atoms with Crippen LogP contribution in [0.25, 0.3) is 0 Å². The predicted octanol–water partition coefficient (Wildman–Crippen LogP) is 2.38. The number of fused-ring (bicyclic) bond motifs is 1. The molecule has 0 aliphatic carbocycles. The van der Waals surface area contributed by atoms with E-state index in [1.165, 1.54) is 16.6 Å². The lowest BCUT2D eigenvalue weighted by molar-refractivity contribution is -0.426. The molecule has 36 heavy (non-hydrogen) atoms. The second kappa shape index (κ2) is 10.6. The van der Waals surface area contributed by atoms with Gasteiger partial charge in [0.25, 0.3) is 5.91 Å². The summed E-state index contributed by atoms with van der Waals surface area (Å²) < 4.78 is 11.9. The zero-order chi connectivity index (χ0) is 25.8. The molecule has 2 aliphatic rings. The number of hydrazone groups is 1. The number of carbonyl (C=O) groups excluding carboxylic acids is 3. The van der Waals surface area contributed by atoms with E-state index in [9.17, 15) is 14.4 Å². The Hall–Kier alpha value is -4.21. The number of hydrogen-bond acceptors (Lipinski definition) is 7. The Morgan fingerprint density at radius 2 is 1.86 bits per heavy atom. The van der Waals surface area contributed by atoms with Gasteiger partial charge in [0.05, 0.1) is 19.9 Å². The monoisotopic (exact) mass is 492 g/mol. The summed E-state index contributed by atoms with van der Waals surface area (Å²) in [5.41, 5.74) is 2.44. The Morgan fingerprint density at radius 1 is 1.11 bits per heavy atom. The van der Waals surface area contributed by atoms with Crippen molar-refractivity contribution < 1.29 is 28.4 Å².